The molecule has 11 heteroatoms. The van der Waals surface area contributed by atoms with E-state index in [1.54, 1.807) is 30.5 Å². The second-order valence-electron chi connectivity index (χ2n) is 6.41. The Balaban J connectivity index is 1.60. The minimum Gasteiger partial charge on any atom is -0.433 e. The van der Waals surface area contributed by atoms with Crippen LogP contribution in [0.4, 0.5) is 14.5 Å². The van der Waals surface area contributed by atoms with E-state index in [9.17, 15) is 22.0 Å². The average molecular weight is 446 g/mol. The molecule has 1 atom stereocenters. The van der Waals surface area contributed by atoms with E-state index in [0.717, 1.165) is 0 Å². The molecular formula is C18H21F2N3O4S2. The molecule has 0 spiro atoms. The predicted molar refractivity (Wildman–Crippen MR) is 106 cm³/mol. The van der Waals surface area contributed by atoms with Crippen molar-refractivity contribution in [2.75, 3.05) is 31.5 Å². The molecule has 0 saturated carbocycles. The third-order valence-corrected chi connectivity index (χ3v) is 7.92. The monoisotopic (exact) mass is 445 g/mol. The summed E-state index contributed by atoms with van der Waals surface area (Å²) in [6.07, 6.45) is 0. The Morgan fingerprint density at radius 1 is 1.14 bits per heavy atom. The van der Waals surface area contributed by atoms with Gasteiger partial charge in [0, 0.05) is 26.2 Å². The fourth-order valence-electron chi connectivity index (χ4n) is 3.04. The van der Waals surface area contributed by atoms with Crippen molar-refractivity contribution >= 4 is 33.0 Å². The van der Waals surface area contributed by atoms with Crippen LogP contribution in [-0.4, -0.2) is 62.4 Å². The molecule has 7 nitrogen and oxygen atoms in total. The van der Waals surface area contributed by atoms with Crippen molar-refractivity contribution in [3.05, 3.63) is 41.8 Å². The number of para-hydroxylation sites is 2. The first-order valence-corrected chi connectivity index (χ1v) is 11.2. The van der Waals surface area contributed by atoms with Gasteiger partial charge in [0.15, 0.2) is 0 Å². The molecule has 1 unspecified atom stereocenters. The Labute approximate surface area is 171 Å². The number of alkyl halides is 2. The number of hydrogen-bond donors (Lipinski definition) is 1. The van der Waals surface area contributed by atoms with E-state index in [1.165, 1.54) is 33.8 Å². The topological polar surface area (TPSA) is 79.0 Å². The molecule has 158 valence electrons. The Bertz CT molecular complexity index is 930. The summed E-state index contributed by atoms with van der Waals surface area (Å²) in [4.78, 5) is 14.4. The second kappa shape index (κ2) is 9.16. The van der Waals surface area contributed by atoms with Gasteiger partial charge in [-0.3, -0.25) is 9.69 Å². The van der Waals surface area contributed by atoms with Crippen LogP contribution in [0.15, 0.2) is 46.0 Å². The number of ether oxygens (including phenoxy) is 1. The first-order valence-electron chi connectivity index (χ1n) is 8.91. The highest BCUT2D eigenvalue weighted by molar-refractivity contribution is 7.91. The molecule has 1 aliphatic heterocycles. The van der Waals surface area contributed by atoms with Gasteiger partial charge >= 0.3 is 6.61 Å². The van der Waals surface area contributed by atoms with Crippen molar-refractivity contribution in [1.29, 1.82) is 0 Å². The lowest BCUT2D eigenvalue weighted by Crippen LogP contribution is -2.53. The molecule has 3 rings (SSSR count). The van der Waals surface area contributed by atoms with Gasteiger partial charge in [-0.25, -0.2) is 8.42 Å². The van der Waals surface area contributed by atoms with Gasteiger partial charge < -0.3 is 10.1 Å². The van der Waals surface area contributed by atoms with Crippen LogP contribution in [0.25, 0.3) is 0 Å². The third-order valence-electron chi connectivity index (χ3n) is 4.65. The zero-order chi connectivity index (χ0) is 21.0. The summed E-state index contributed by atoms with van der Waals surface area (Å²) in [6.45, 7) is -0.00640. The molecule has 0 radical (unpaired) electrons. The molecule has 2 aromatic rings. The Hall–Kier alpha value is -2.08. The van der Waals surface area contributed by atoms with Gasteiger partial charge in [0.2, 0.25) is 5.91 Å². The van der Waals surface area contributed by atoms with Crippen LogP contribution in [0.1, 0.15) is 6.92 Å². The zero-order valence-corrected chi connectivity index (χ0v) is 17.3. The number of nitrogens with one attached hydrogen (secondary N) is 1. The lowest BCUT2D eigenvalue weighted by atomic mass is 10.2. The Kier molecular flexibility index (Phi) is 6.83. The molecule has 1 aromatic carbocycles. The van der Waals surface area contributed by atoms with Crippen LogP contribution in [0.2, 0.25) is 0 Å². The van der Waals surface area contributed by atoms with Gasteiger partial charge in [-0.05, 0) is 30.5 Å². The third kappa shape index (κ3) is 5.10. The van der Waals surface area contributed by atoms with Crippen LogP contribution < -0.4 is 10.1 Å². The largest absolute Gasteiger partial charge is 0.433 e. The van der Waals surface area contributed by atoms with E-state index in [4.69, 9.17) is 0 Å². The average Bonchev–Trinajstić information content (AvgIpc) is 3.24. The highest BCUT2D eigenvalue weighted by Gasteiger charge is 2.32. The summed E-state index contributed by atoms with van der Waals surface area (Å²) in [5, 5.41) is 4.32. The van der Waals surface area contributed by atoms with E-state index in [2.05, 4.69) is 10.1 Å². The highest BCUT2D eigenvalue weighted by atomic mass is 32.2. The van der Waals surface area contributed by atoms with Crippen molar-refractivity contribution < 1.29 is 26.7 Å². The number of piperazine rings is 1. The summed E-state index contributed by atoms with van der Waals surface area (Å²) in [5.74, 6) is -0.500. The van der Waals surface area contributed by atoms with E-state index >= 15 is 0 Å². The minimum atomic E-state index is -3.52. The Morgan fingerprint density at radius 2 is 1.83 bits per heavy atom. The molecule has 2 heterocycles. The minimum absolute atomic E-state index is 0.116. The van der Waals surface area contributed by atoms with E-state index in [1.807, 2.05) is 4.90 Å². The molecular weight excluding hydrogens is 424 g/mol. The smallest absolute Gasteiger partial charge is 0.387 e. The summed E-state index contributed by atoms with van der Waals surface area (Å²) < 4.78 is 56.4. The SMILES string of the molecule is CC(C(=O)Nc1ccccc1OC(F)F)N1CCN(S(=O)(=O)c2cccs2)CC1. The maximum Gasteiger partial charge on any atom is 0.387 e. The van der Waals surface area contributed by atoms with Gasteiger partial charge in [-0.15, -0.1) is 11.3 Å². The van der Waals surface area contributed by atoms with Crippen molar-refractivity contribution in [2.24, 2.45) is 0 Å². The molecule has 1 amide bonds. The number of halogens is 2. The highest BCUT2D eigenvalue weighted by Crippen LogP contribution is 2.26. The molecule has 1 N–H and O–H groups in total. The summed E-state index contributed by atoms with van der Waals surface area (Å²) in [5.41, 5.74) is 0.156. The van der Waals surface area contributed by atoms with Crippen molar-refractivity contribution in [3.63, 3.8) is 0 Å². The predicted octanol–water partition coefficient (Wildman–Crippen LogP) is 2.68. The zero-order valence-electron chi connectivity index (χ0n) is 15.6. The first kappa shape index (κ1) is 21.6. The maximum absolute atomic E-state index is 12.6. The van der Waals surface area contributed by atoms with Crippen molar-refractivity contribution in [2.45, 2.75) is 23.8 Å². The number of benzene rings is 1. The maximum atomic E-state index is 12.6. The number of rotatable bonds is 7. The van der Waals surface area contributed by atoms with Gasteiger partial charge in [0.25, 0.3) is 10.0 Å². The number of sulfonamides is 1. The summed E-state index contributed by atoms with van der Waals surface area (Å²) >= 11 is 1.17. The number of nitrogens with zero attached hydrogens (tertiary/aromatic N) is 2. The fourth-order valence-corrected chi connectivity index (χ4v) is 5.61. The summed E-state index contributed by atoms with van der Waals surface area (Å²) in [6, 6.07) is 8.66. The number of carbonyl (C=O) groups excluding carboxylic acids is 1. The van der Waals surface area contributed by atoms with Gasteiger partial charge in [-0.2, -0.15) is 13.1 Å². The quantitative estimate of drug-likeness (QED) is 0.709. The number of hydrogen-bond acceptors (Lipinski definition) is 6. The second-order valence-corrected chi connectivity index (χ2v) is 9.52. The van der Waals surface area contributed by atoms with Crippen LogP contribution in [0.3, 0.4) is 0 Å². The Morgan fingerprint density at radius 3 is 2.45 bits per heavy atom. The molecule has 0 aliphatic carbocycles. The first-order chi connectivity index (χ1) is 13.8. The van der Waals surface area contributed by atoms with E-state index in [-0.39, 0.29) is 30.4 Å². The number of thiophene rings is 1. The molecule has 0 bridgehead atoms. The van der Waals surface area contributed by atoms with Crippen LogP contribution in [0.5, 0.6) is 5.75 Å². The van der Waals surface area contributed by atoms with Crippen molar-refractivity contribution in [3.8, 4) is 5.75 Å². The van der Waals surface area contributed by atoms with E-state index < -0.39 is 22.7 Å². The summed E-state index contributed by atoms with van der Waals surface area (Å²) in [7, 11) is -3.52. The van der Waals surface area contributed by atoms with Gasteiger partial charge in [0.1, 0.15) is 9.96 Å². The van der Waals surface area contributed by atoms with Crippen LogP contribution in [-0.2, 0) is 14.8 Å². The molecule has 1 fully saturated rings. The number of carbonyl (C=O) groups is 1. The van der Waals surface area contributed by atoms with Gasteiger partial charge in [0.05, 0.1) is 11.7 Å². The van der Waals surface area contributed by atoms with Crippen LogP contribution in [0, 0.1) is 0 Å². The fraction of sp³-hybridized carbons (Fsp3) is 0.389. The molecule has 1 saturated heterocycles. The standard InChI is InChI=1S/C18H21F2N3O4S2/c1-13(17(24)21-14-5-2-3-6-15(14)27-18(19)20)22-8-10-23(11-9-22)29(25,26)16-7-4-12-28-16/h2-7,12-13,18H,8-11H2,1H3,(H,21,24). The van der Waals surface area contributed by atoms with Crippen molar-refractivity contribution in [1.82, 2.24) is 9.21 Å². The normalized spacial score (nSPS) is 17.2. The molecule has 1 aliphatic rings. The van der Waals surface area contributed by atoms with Crippen LogP contribution >= 0.6 is 11.3 Å². The number of amides is 1. The van der Waals surface area contributed by atoms with E-state index in [0.29, 0.717) is 17.3 Å². The lowest BCUT2D eigenvalue weighted by Gasteiger charge is -2.36. The lowest BCUT2D eigenvalue weighted by molar-refractivity contribution is -0.121. The number of anilines is 1. The molecule has 1 aromatic heterocycles. The molecule has 29 heavy (non-hydrogen) atoms. The van der Waals surface area contributed by atoms with Gasteiger partial charge in [-0.1, -0.05) is 18.2 Å².